The first-order chi connectivity index (χ1) is 15.7. The number of methoxy groups -OCH3 is 1. The van der Waals surface area contributed by atoms with E-state index < -0.39 is 10.1 Å². The van der Waals surface area contributed by atoms with Gasteiger partial charge in [0.25, 0.3) is 0 Å². The maximum atomic E-state index is 13.1. The van der Waals surface area contributed by atoms with E-state index in [2.05, 4.69) is 19.2 Å². The first kappa shape index (κ1) is 23.4. The van der Waals surface area contributed by atoms with Crippen molar-refractivity contribution in [1.29, 1.82) is 0 Å². The van der Waals surface area contributed by atoms with Crippen molar-refractivity contribution in [3.05, 3.63) is 53.7 Å². The standard InChI is InChI=1S/C23H26BN3O4S2/c1-13(2)25-23-27-18(12-32-23)17-11-20(16-9-10-19(30-4)21(24)22(16)26-17)31-33(28,29)15-7-5-14(3)6-8-15/h5-11,13,18H,12,24H2,1-4H3,(H,25,27). The van der Waals surface area contributed by atoms with Crippen LogP contribution in [0.15, 0.2) is 52.4 Å². The van der Waals surface area contributed by atoms with E-state index in [4.69, 9.17) is 18.9 Å². The number of aromatic nitrogens is 1. The zero-order valence-corrected chi connectivity index (χ0v) is 20.9. The molecular formula is C23H26BN3O4S2. The van der Waals surface area contributed by atoms with Crippen molar-refractivity contribution in [3.8, 4) is 11.5 Å². The Balaban J connectivity index is 1.82. The second kappa shape index (κ2) is 9.27. The van der Waals surface area contributed by atoms with Crippen LogP contribution in [0.5, 0.6) is 11.5 Å². The zero-order valence-electron chi connectivity index (χ0n) is 19.2. The number of hydrogen-bond acceptors (Lipinski definition) is 8. The lowest BCUT2D eigenvalue weighted by atomic mass is 9.91. The molecule has 1 aromatic heterocycles. The molecule has 10 heteroatoms. The van der Waals surface area contributed by atoms with Gasteiger partial charge in [0.2, 0.25) is 0 Å². The summed E-state index contributed by atoms with van der Waals surface area (Å²) >= 11 is 1.62. The van der Waals surface area contributed by atoms with E-state index in [1.807, 2.05) is 14.8 Å². The van der Waals surface area contributed by atoms with Crippen LogP contribution < -0.4 is 19.7 Å². The molecule has 1 aliphatic heterocycles. The number of thioether (sulfide) groups is 1. The van der Waals surface area contributed by atoms with Crippen LogP contribution in [0.25, 0.3) is 10.9 Å². The van der Waals surface area contributed by atoms with Gasteiger partial charge in [-0.1, -0.05) is 29.5 Å². The summed E-state index contributed by atoms with van der Waals surface area (Å²) < 4.78 is 37.3. The number of benzene rings is 2. The highest BCUT2D eigenvalue weighted by Gasteiger charge is 2.26. The Hall–Kier alpha value is -2.72. The van der Waals surface area contributed by atoms with E-state index in [0.717, 1.165) is 16.2 Å². The Morgan fingerprint density at radius 2 is 1.88 bits per heavy atom. The summed E-state index contributed by atoms with van der Waals surface area (Å²) in [5, 5.41) is 4.78. The number of pyridine rings is 1. The monoisotopic (exact) mass is 483 g/mol. The number of rotatable bonds is 6. The number of aryl methyl sites for hydroxylation is 1. The van der Waals surface area contributed by atoms with Gasteiger partial charge in [-0.05, 0) is 50.5 Å². The molecule has 4 rings (SSSR count). The molecule has 2 heterocycles. The summed E-state index contributed by atoms with van der Waals surface area (Å²) in [5.41, 5.74) is 3.06. The van der Waals surface area contributed by atoms with Crippen LogP contribution in [0.3, 0.4) is 0 Å². The topological polar surface area (TPSA) is 89.9 Å². The third-order valence-corrected chi connectivity index (χ3v) is 7.53. The van der Waals surface area contributed by atoms with Crippen molar-refractivity contribution in [2.75, 3.05) is 12.9 Å². The van der Waals surface area contributed by atoms with Gasteiger partial charge in [0.1, 0.15) is 24.5 Å². The van der Waals surface area contributed by atoms with E-state index in [-0.39, 0.29) is 22.7 Å². The van der Waals surface area contributed by atoms with E-state index in [1.54, 1.807) is 61.3 Å². The van der Waals surface area contributed by atoms with Crippen molar-refractivity contribution in [1.82, 2.24) is 10.3 Å². The Morgan fingerprint density at radius 3 is 2.55 bits per heavy atom. The lowest BCUT2D eigenvalue weighted by molar-refractivity contribution is 0.418. The predicted molar refractivity (Wildman–Crippen MR) is 136 cm³/mol. The SMILES string of the molecule is Bc1c(OC)ccc2c(OS(=O)(=O)c3ccc(C)cc3)cc(C3CSC(NC(C)C)=N3)nc12. The summed E-state index contributed by atoms with van der Waals surface area (Å²) in [6, 6.07) is 11.9. The van der Waals surface area contributed by atoms with Crippen molar-refractivity contribution in [2.45, 2.75) is 37.8 Å². The molecule has 0 saturated heterocycles. The summed E-state index contributed by atoms with van der Waals surface area (Å²) in [6.45, 7) is 6.02. The second-order valence-electron chi connectivity index (χ2n) is 8.24. The molecule has 0 radical (unpaired) electrons. The molecule has 0 aliphatic carbocycles. The van der Waals surface area contributed by atoms with Gasteiger partial charge in [-0.15, -0.1) is 0 Å². The molecule has 1 aliphatic rings. The molecule has 3 aromatic rings. The molecule has 172 valence electrons. The highest BCUT2D eigenvalue weighted by atomic mass is 32.2. The highest BCUT2D eigenvalue weighted by Crippen LogP contribution is 2.35. The molecule has 0 saturated carbocycles. The van der Waals surface area contributed by atoms with Gasteiger partial charge in [-0.2, -0.15) is 8.42 Å². The average molecular weight is 483 g/mol. The fourth-order valence-corrected chi connectivity index (χ4v) is 5.60. The van der Waals surface area contributed by atoms with E-state index >= 15 is 0 Å². The van der Waals surface area contributed by atoms with Crippen molar-refractivity contribution in [3.63, 3.8) is 0 Å². The fourth-order valence-electron chi connectivity index (χ4n) is 3.58. The minimum atomic E-state index is -4.03. The lowest BCUT2D eigenvalue weighted by Crippen LogP contribution is -2.26. The number of fused-ring (bicyclic) bond motifs is 1. The molecule has 0 amide bonds. The number of hydrogen-bond donors (Lipinski definition) is 1. The molecule has 0 fully saturated rings. The Labute approximate surface area is 199 Å². The number of aliphatic imine (C=N–C) groups is 1. The van der Waals surface area contributed by atoms with Crippen LogP contribution in [0.4, 0.5) is 0 Å². The van der Waals surface area contributed by atoms with Gasteiger partial charge in [-0.25, -0.2) is 0 Å². The highest BCUT2D eigenvalue weighted by molar-refractivity contribution is 8.14. The van der Waals surface area contributed by atoms with Crippen molar-refractivity contribution < 1.29 is 17.3 Å². The fraction of sp³-hybridized carbons (Fsp3) is 0.304. The summed E-state index contributed by atoms with van der Waals surface area (Å²) in [7, 11) is -0.536. The van der Waals surface area contributed by atoms with Crippen LogP contribution in [0, 0.1) is 6.92 Å². The molecule has 0 spiro atoms. The van der Waals surface area contributed by atoms with Gasteiger partial charge in [0, 0.05) is 23.2 Å². The Kier molecular flexibility index (Phi) is 6.58. The molecule has 1 atom stereocenters. The van der Waals surface area contributed by atoms with Crippen LogP contribution in [0.2, 0.25) is 0 Å². The molecular weight excluding hydrogens is 457 g/mol. The quantitative estimate of drug-likeness (QED) is 0.426. The summed E-state index contributed by atoms with van der Waals surface area (Å²) in [5.74, 6) is 1.61. The zero-order chi connectivity index (χ0) is 23.8. The molecule has 1 N–H and O–H groups in total. The normalized spacial score (nSPS) is 16.2. The first-order valence-electron chi connectivity index (χ1n) is 10.6. The smallest absolute Gasteiger partial charge is 0.339 e. The van der Waals surface area contributed by atoms with Gasteiger partial charge in [-0.3, -0.25) is 9.98 Å². The number of ether oxygens (including phenoxy) is 1. The Morgan fingerprint density at radius 1 is 1.15 bits per heavy atom. The molecule has 33 heavy (non-hydrogen) atoms. The van der Waals surface area contributed by atoms with Gasteiger partial charge in [0.15, 0.2) is 10.9 Å². The van der Waals surface area contributed by atoms with Gasteiger partial charge >= 0.3 is 10.1 Å². The molecule has 1 unspecified atom stereocenters. The minimum Gasteiger partial charge on any atom is -0.497 e. The van der Waals surface area contributed by atoms with Gasteiger partial charge in [0.05, 0.1) is 18.3 Å². The number of nitrogens with zero attached hydrogens (tertiary/aromatic N) is 2. The summed E-state index contributed by atoms with van der Waals surface area (Å²) in [6.07, 6.45) is 0. The van der Waals surface area contributed by atoms with Crippen molar-refractivity contribution in [2.24, 2.45) is 4.99 Å². The maximum Gasteiger partial charge on any atom is 0.339 e. The minimum absolute atomic E-state index is 0.0997. The molecule has 7 nitrogen and oxygen atoms in total. The first-order valence-corrected chi connectivity index (χ1v) is 13.0. The largest absolute Gasteiger partial charge is 0.497 e. The number of amidine groups is 1. The number of nitrogens with one attached hydrogen (secondary N) is 1. The van der Waals surface area contributed by atoms with Crippen LogP contribution in [-0.2, 0) is 10.1 Å². The third-order valence-electron chi connectivity index (χ3n) is 5.30. The van der Waals surface area contributed by atoms with Crippen molar-refractivity contribution >= 4 is 51.3 Å². The lowest BCUT2D eigenvalue weighted by Gasteiger charge is -2.16. The van der Waals surface area contributed by atoms with Gasteiger partial charge < -0.3 is 14.2 Å². The van der Waals surface area contributed by atoms with E-state index in [1.165, 1.54) is 0 Å². The predicted octanol–water partition coefficient (Wildman–Crippen LogP) is 2.72. The molecule has 2 aromatic carbocycles. The van der Waals surface area contributed by atoms with Crippen LogP contribution >= 0.6 is 11.8 Å². The maximum absolute atomic E-state index is 13.1. The van der Waals surface area contributed by atoms with Crippen LogP contribution in [0.1, 0.15) is 31.1 Å². The van der Waals surface area contributed by atoms with E-state index in [9.17, 15) is 8.42 Å². The third kappa shape index (κ3) is 4.96. The van der Waals surface area contributed by atoms with Crippen LogP contribution in [-0.4, -0.2) is 45.3 Å². The van der Waals surface area contributed by atoms with E-state index in [0.29, 0.717) is 28.1 Å². The Bertz CT molecular complexity index is 1330. The molecule has 0 bridgehead atoms. The second-order valence-corrected chi connectivity index (χ2v) is 10.8. The average Bonchev–Trinajstić information content (AvgIpc) is 3.22. The summed E-state index contributed by atoms with van der Waals surface area (Å²) in [4.78, 5) is 9.70.